The number of nitrogens with zero attached hydrogens (tertiary/aromatic N) is 4. The highest BCUT2D eigenvalue weighted by atomic mass is 19.1. The maximum atomic E-state index is 13.8. The number of benzene rings is 1. The number of carbonyl (C=O) groups excluding carboxylic acids is 2. The third-order valence-electron chi connectivity index (χ3n) is 5.62. The van der Waals surface area contributed by atoms with Gasteiger partial charge in [0.15, 0.2) is 17.3 Å². The zero-order chi connectivity index (χ0) is 24.2. The van der Waals surface area contributed by atoms with Crippen LogP contribution < -0.4 is 10.1 Å². The minimum absolute atomic E-state index is 0.0311. The minimum atomic E-state index is -0.828. The van der Waals surface area contributed by atoms with E-state index in [2.05, 4.69) is 20.3 Å². The summed E-state index contributed by atoms with van der Waals surface area (Å²) >= 11 is 0. The van der Waals surface area contributed by atoms with E-state index in [1.807, 2.05) is 0 Å². The molecule has 2 amide bonds. The van der Waals surface area contributed by atoms with Gasteiger partial charge in [-0.05, 0) is 24.6 Å². The third kappa shape index (κ3) is 5.03. The van der Waals surface area contributed by atoms with E-state index in [9.17, 15) is 23.5 Å². The normalized spacial score (nSPS) is 15.2. The molecular formula is C23H23F2N5O4. The summed E-state index contributed by atoms with van der Waals surface area (Å²) in [6.45, 7) is 2.46. The maximum absolute atomic E-state index is 13.8. The maximum Gasteiger partial charge on any atom is 0.276 e. The average Bonchev–Trinajstić information content (AvgIpc) is 2.83. The smallest absolute Gasteiger partial charge is 0.276 e. The highest BCUT2D eigenvalue weighted by Crippen LogP contribution is 2.23. The van der Waals surface area contributed by atoms with Crippen molar-refractivity contribution < 1.29 is 28.2 Å². The van der Waals surface area contributed by atoms with E-state index in [-0.39, 0.29) is 23.5 Å². The molecule has 2 aromatic heterocycles. The van der Waals surface area contributed by atoms with Crippen LogP contribution in [0.1, 0.15) is 36.7 Å². The van der Waals surface area contributed by atoms with E-state index < -0.39 is 29.5 Å². The second-order valence-corrected chi connectivity index (χ2v) is 7.91. The number of pyridine rings is 1. The Labute approximate surface area is 193 Å². The molecule has 1 aliphatic heterocycles. The summed E-state index contributed by atoms with van der Waals surface area (Å²) < 4.78 is 32.5. The van der Waals surface area contributed by atoms with E-state index in [0.717, 1.165) is 12.1 Å². The van der Waals surface area contributed by atoms with Gasteiger partial charge in [0.25, 0.3) is 5.91 Å². The van der Waals surface area contributed by atoms with Crippen LogP contribution >= 0.6 is 0 Å². The summed E-state index contributed by atoms with van der Waals surface area (Å²) in [6, 6.07) is 3.85. The summed E-state index contributed by atoms with van der Waals surface area (Å²) in [7, 11) is 0. The fraction of sp³-hybridized carbons (Fsp3) is 0.348. The van der Waals surface area contributed by atoms with E-state index in [1.54, 1.807) is 17.9 Å². The number of nitrogens with one attached hydrogen (secondary N) is 1. The van der Waals surface area contributed by atoms with Gasteiger partial charge >= 0.3 is 0 Å². The molecule has 0 bridgehead atoms. The van der Waals surface area contributed by atoms with Gasteiger partial charge in [-0.2, -0.15) is 0 Å². The molecule has 2 N–H and O–H groups in total. The number of hydrogen-bond donors (Lipinski definition) is 2. The molecule has 0 unspecified atom stereocenters. The number of rotatable bonds is 6. The Morgan fingerprint density at radius 1 is 1.21 bits per heavy atom. The number of carbonyl (C=O) groups is 2. The average molecular weight is 471 g/mol. The monoisotopic (exact) mass is 471 g/mol. The molecule has 1 aromatic carbocycles. The molecule has 3 heterocycles. The number of likely N-dealkylation sites (tertiary alicyclic amines) is 1. The van der Waals surface area contributed by atoms with Crippen molar-refractivity contribution in [3.8, 4) is 11.6 Å². The molecule has 178 valence electrons. The van der Waals surface area contributed by atoms with Gasteiger partial charge in [-0.15, -0.1) is 0 Å². The van der Waals surface area contributed by atoms with Gasteiger partial charge in [-0.3, -0.25) is 14.6 Å². The second kappa shape index (κ2) is 9.94. The van der Waals surface area contributed by atoms with E-state index in [0.29, 0.717) is 43.4 Å². The summed E-state index contributed by atoms with van der Waals surface area (Å²) in [5, 5.41) is 12.7. The van der Waals surface area contributed by atoms with Gasteiger partial charge in [0.05, 0.1) is 11.7 Å². The fourth-order valence-corrected chi connectivity index (χ4v) is 3.78. The molecule has 0 spiro atoms. The summed E-state index contributed by atoms with van der Waals surface area (Å²) in [5.41, 5.74) is 0.433. The molecule has 0 radical (unpaired) electrons. The predicted molar refractivity (Wildman–Crippen MR) is 117 cm³/mol. The lowest BCUT2D eigenvalue weighted by Crippen LogP contribution is -2.51. The number of halogens is 2. The molecule has 1 fully saturated rings. The van der Waals surface area contributed by atoms with Crippen molar-refractivity contribution in [1.82, 2.24) is 25.2 Å². The number of amides is 2. The molecule has 9 nitrogen and oxygen atoms in total. The number of hydrogen-bond acceptors (Lipinski definition) is 7. The Morgan fingerprint density at radius 2 is 1.97 bits per heavy atom. The van der Waals surface area contributed by atoms with Gasteiger partial charge in [0.1, 0.15) is 23.5 Å². The van der Waals surface area contributed by atoms with Crippen LogP contribution in [0.4, 0.5) is 8.78 Å². The number of fused-ring (bicyclic) bond motifs is 1. The van der Waals surface area contributed by atoms with Crippen LogP contribution in [0.25, 0.3) is 11.0 Å². The number of aromatic nitrogens is 3. The first kappa shape index (κ1) is 23.3. The molecule has 1 aliphatic rings. The Morgan fingerprint density at radius 3 is 2.68 bits per heavy atom. The van der Waals surface area contributed by atoms with Crippen LogP contribution in [0.3, 0.4) is 0 Å². The molecule has 4 rings (SSSR count). The SMILES string of the molecule is CC[C@H](NC(=O)c1nc2cnccc2nc1O)C(=O)N1CCC(Oc2ccc(F)cc2F)CC1. The van der Waals surface area contributed by atoms with Crippen molar-refractivity contribution >= 4 is 22.8 Å². The van der Waals surface area contributed by atoms with Crippen LogP contribution in [-0.4, -0.2) is 62.0 Å². The lowest BCUT2D eigenvalue weighted by Gasteiger charge is -2.34. The van der Waals surface area contributed by atoms with Gasteiger partial charge < -0.3 is 20.1 Å². The first-order chi connectivity index (χ1) is 16.4. The highest BCUT2D eigenvalue weighted by Gasteiger charge is 2.30. The lowest BCUT2D eigenvalue weighted by atomic mass is 10.1. The van der Waals surface area contributed by atoms with Gasteiger partial charge in [0.2, 0.25) is 11.8 Å². The molecule has 1 saturated heterocycles. The van der Waals surface area contributed by atoms with Gasteiger partial charge in [-0.1, -0.05) is 6.92 Å². The fourth-order valence-electron chi connectivity index (χ4n) is 3.78. The van der Waals surface area contributed by atoms with Gasteiger partial charge in [-0.25, -0.2) is 18.7 Å². The molecular weight excluding hydrogens is 448 g/mol. The van der Waals surface area contributed by atoms with E-state index >= 15 is 0 Å². The van der Waals surface area contributed by atoms with Crippen LogP contribution in [0.5, 0.6) is 11.6 Å². The highest BCUT2D eigenvalue weighted by molar-refractivity contribution is 5.98. The molecule has 3 aromatic rings. The number of piperidine rings is 1. The number of aromatic hydroxyl groups is 1. The molecule has 0 aliphatic carbocycles. The Balaban J connectivity index is 1.36. The Kier molecular flexibility index (Phi) is 6.80. The first-order valence-electron chi connectivity index (χ1n) is 10.9. The summed E-state index contributed by atoms with van der Waals surface area (Å²) in [5.74, 6) is -3.03. The van der Waals surface area contributed by atoms with Crippen molar-refractivity contribution in [1.29, 1.82) is 0 Å². The molecule has 11 heteroatoms. The standard InChI is InChI=1S/C23H23F2N5O4/c1-2-16(28-21(31)20-22(32)29-17-5-8-26-12-18(17)27-20)23(33)30-9-6-14(7-10-30)34-19-4-3-13(24)11-15(19)25/h3-5,8,11-12,14,16H,2,6-7,9-10H2,1H3,(H,28,31)(H,29,32)/t16-/m0/s1. The van der Waals surface area contributed by atoms with Crippen molar-refractivity contribution in [3.63, 3.8) is 0 Å². The molecule has 34 heavy (non-hydrogen) atoms. The van der Waals surface area contributed by atoms with Crippen molar-refractivity contribution in [3.05, 3.63) is 54.0 Å². The van der Waals surface area contributed by atoms with Gasteiger partial charge in [0, 0.05) is 38.2 Å². The van der Waals surface area contributed by atoms with E-state index in [1.165, 1.54) is 18.5 Å². The summed E-state index contributed by atoms with van der Waals surface area (Å²) in [6.07, 6.45) is 3.83. The van der Waals surface area contributed by atoms with E-state index in [4.69, 9.17) is 4.74 Å². The quantitative estimate of drug-likeness (QED) is 0.567. The Bertz CT molecular complexity index is 1220. The largest absolute Gasteiger partial charge is 0.492 e. The van der Waals surface area contributed by atoms with Crippen LogP contribution in [0, 0.1) is 11.6 Å². The van der Waals surface area contributed by atoms with Crippen molar-refractivity contribution in [2.24, 2.45) is 0 Å². The zero-order valence-electron chi connectivity index (χ0n) is 18.4. The van der Waals surface area contributed by atoms with Crippen LogP contribution in [-0.2, 0) is 4.79 Å². The molecule has 1 atom stereocenters. The van der Waals surface area contributed by atoms with Crippen LogP contribution in [0.2, 0.25) is 0 Å². The summed E-state index contributed by atoms with van der Waals surface area (Å²) in [4.78, 5) is 39.3. The second-order valence-electron chi connectivity index (χ2n) is 7.91. The first-order valence-corrected chi connectivity index (χ1v) is 10.9. The van der Waals surface area contributed by atoms with Crippen LogP contribution in [0.15, 0.2) is 36.7 Å². The molecule has 0 saturated carbocycles. The zero-order valence-corrected chi connectivity index (χ0v) is 18.4. The predicted octanol–water partition coefficient (Wildman–Crippen LogP) is 2.59. The third-order valence-corrected chi connectivity index (χ3v) is 5.62. The Hall–Kier alpha value is -3.89. The number of ether oxygens (including phenoxy) is 1. The van der Waals surface area contributed by atoms with Crippen molar-refractivity contribution in [2.75, 3.05) is 13.1 Å². The topological polar surface area (TPSA) is 118 Å². The minimum Gasteiger partial charge on any atom is -0.492 e. The van der Waals surface area contributed by atoms with Crippen molar-refractivity contribution in [2.45, 2.75) is 38.3 Å². The lowest BCUT2D eigenvalue weighted by molar-refractivity contribution is -0.135.